The van der Waals surface area contributed by atoms with Crippen molar-refractivity contribution in [3.05, 3.63) is 0 Å². The van der Waals surface area contributed by atoms with Gasteiger partial charge in [0.25, 0.3) is 0 Å². The molecule has 0 aromatic heterocycles. The summed E-state index contributed by atoms with van der Waals surface area (Å²) in [7, 11) is -11.0. The van der Waals surface area contributed by atoms with Gasteiger partial charge in [-0.3, -0.25) is 0 Å². The van der Waals surface area contributed by atoms with Gasteiger partial charge in [0.15, 0.2) is 33.3 Å². The molecule has 0 saturated carbocycles. The van der Waals surface area contributed by atoms with E-state index in [-0.39, 0.29) is 13.2 Å². The predicted octanol–water partition coefficient (Wildman–Crippen LogP) is 5.76. The average Bonchev–Trinajstić information content (AvgIpc) is 2.83. The number of rotatable bonds is 26. The molecule has 0 fully saturated rings. The van der Waals surface area contributed by atoms with Crippen LogP contribution in [0.15, 0.2) is 0 Å². The number of ether oxygens (including phenoxy) is 2. The molecule has 0 aromatic carbocycles. The molecule has 0 rings (SSSR count). The van der Waals surface area contributed by atoms with Gasteiger partial charge in [-0.15, -0.1) is 0 Å². The van der Waals surface area contributed by atoms with Crippen molar-refractivity contribution in [1.82, 2.24) is 0 Å². The van der Waals surface area contributed by atoms with Crippen molar-refractivity contribution in [2.24, 2.45) is 11.5 Å². The molecule has 0 amide bonds. The monoisotopic (exact) mass is 734 g/mol. The summed E-state index contributed by atoms with van der Waals surface area (Å²) in [5.74, 6) is 0. The lowest BCUT2D eigenvalue weighted by Gasteiger charge is -2.38. The number of nitrogens with two attached hydrogens (primary N) is 2. The highest BCUT2D eigenvalue weighted by molar-refractivity contribution is 6.88. The van der Waals surface area contributed by atoms with Gasteiger partial charge in [-0.2, -0.15) is 0 Å². The van der Waals surface area contributed by atoms with Crippen molar-refractivity contribution in [1.29, 1.82) is 0 Å². The molecule has 268 valence electrons. The topological polar surface area (TPSA) is 148 Å². The Bertz CT molecular complexity index is 666. The molecule has 0 aromatic rings. The largest absolute Gasteiger partial charge is 0.437 e. The summed E-state index contributed by atoms with van der Waals surface area (Å²) in [6.07, 6.45) is 4.04. The Balaban J connectivity index is 0. The lowest BCUT2D eigenvalue weighted by molar-refractivity contribution is 0.0922. The van der Waals surface area contributed by atoms with Crippen LogP contribution in [0.1, 0.15) is 25.7 Å². The molecule has 0 heterocycles. The Kier molecular flexibility index (Phi) is 24.9. The van der Waals surface area contributed by atoms with Crippen molar-refractivity contribution in [2.45, 2.75) is 128 Å². The van der Waals surface area contributed by atoms with Gasteiger partial charge in [-0.25, -0.2) is 0 Å². The van der Waals surface area contributed by atoms with Gasteiger partial charge in [-0.1, -0.05) is 0 Å². The fourth-order valence-electron chi connectivity index (χ4n) is 5.50. The SMILES string of the molecule is C[Si](C)(CCCN)O[Si](C)(C)O[Si](C)(C)CCCN.C[Si](C)(CCCOCCO)O[Si](C)(C)O[Si](C)(C)CCCOCCO. The molecule has 0 aliphatic carbocycles. The van der Waals surface area contributed by atoms with E-state index in [2.05, 4.69) is 78.6 Å². The first kappa shape index (κ1) is 47.0. The van der Waals surface area contributed by atoms with E-state index in [1.807, 2.05) is 0 Å². The van der Waals surface area contributed by atoms with Crippen LogP contribution in [-0.4, -0.2) is 113 Å². The third kappa shape index (κ3) is 29.1. The molecule has 0 bridgehead atoms. The minimum atomic E-state index is -2.16. The van der Waals surface area contributed by atoms with Gasteiger partial charge in [0.05, 0.1) is 26.4 Å². The molecule has 0 atom stereocenters. The normalized spacial score (nSPS) is 13.6. The molecule has 10 nitrogen and oxygen atoms in total. The van der Waals surface area contributed by atoms with Crippen molar-refractivity contribution in [2.75, 3.05) is 52.7 Å². The van der Waals surface area contributed by atoms with E-state index in [9.17, 15) is 0 Å². The highest BCUT2D eigenvalue weighted by atomic mass is 28.5. The van der Waals surface area contributed by atoms with E-state index < -0.39 is 50.4 Å². The van der Waals surface area contributed by atoms with Crippen molar-refractivity contribution in [3.63, 3.8) is 0 Å². The minimum Gasteiger partial charge on any atom is -0.437 e. The highest BCUT2D eigenvalue weighted by Crippen LogP contribution is 2.27. The maximum atomic E-state index is 8.72. The van der Waals surface area contributed by atoms with Crippen LogP contribution in [0.2, 0.25) is 103 Å². The molecule has 0 aliphatic rings. The Morgan fingerprint density at radius 3 is 0.886 bits per heavy atom. The average molecular weight is 735 g/mol. The summed E-state index contributed by atoms with van der Waals surface area (Å²) in [5, 5.41) is 17.4. The second-order valence-electron chi connectivity index (χ2n) is 14.9. The zero-order valence-electron chi connectivity index (χ0n) is 30.8. The summed E-state index contributed by atoms with van der Waals surface area (Å²) >= 11 is 0. The van der Waals surface area contributed by atoms with Gasteiger partial charge in [0.2, 0.25) is 0 Å². The molecule has 0 saturated heterocycles. The summed E-state index contributed by atoms with van der Waals surface area (Å²) in [6, 6.07) is 4.31. The minimum absolute atomic E-state index is 0.0792. The fraction of sp³-hybridized carbons (Fsp3) is 1.00. The van der Waals surface area contributed by atoms with Crippen LogP contribution in [0.5, 0.6) is 0 Å². The summed E-state index contributed by atoms with van der Waals surface area (Å²) < 4.78 is 36.6. The van der Waals surface area contributed by atoms with Crippen LogP contribution < -0.4 is 11.5 Å². The fourth-order valence-corrected chi connectivity index (χ4v) is 33.6. The van der Waals surface area contributed by atoms with E-state index in [4.69, 9.17) is 47.6 Å². The zero-order valence-corrected chi connectivity index (χ0v) is 36.8. The van der Waals surface area contributed by atoms with E-state index in [1.54, 1.807) is 0 Å². The predicted molar refractivity (Wildman–Crippen MR) is 201 cm³/mol. The number of aliphatic hydroxyl groups is 2. The number of hydrogen-bond acceptors (Lipinski definition) is 10. The Labute approximate surface area is 278 Å². The first-order valence-corrected chi connectivity index (χ1v) is 34.7. The number of aliphatic hydroxyl groups excluding tert-OH is 2. The van der Waals surface area contributed by atoms with Crippen LogP contribution in [0, 0.1) is 0 Å². The molecular weight excluding hydrogens is 661 g/mol. The second-order valence-corrected chi connectivity index (χ2v) is 39.9. The Morgan fingerprint density at radius 2 is 0.659 bits per heavy atom. The van der Waals surface area contributed by atoms with Crippen molar-refractivity contribution >= 4 is 50.4 Å². The van der Waals surface area contributed by atoms with E-state index in [0.29, 0.717) is 26.4 Å². The maximum Gasteiger partial charge on any atom is 0.311 e. The first-order chi connectivity index (χ1) is 20.1. The van der Waals surface area contributed by atoms with E-state index in [0.717, 1.165) is 62.9 Å². The third-order valence-corrected chi connectivity index (χ3v) is 29.6. The second kappa shape index (κ2) is 23.3. The van der Waals surface area contributed by atoms with E-state index in [1.165, 1.54) is 0 Å². The highest BCUT2D eigenvalue weighted by Gasteiger charge is 2.40. The Morgan fingerprint density at radius 1 is 0.409 bits per heavy atom. The lowest BCUT2D eigenvalue weighted by Crippen LogP contribution is -2.52. The molecule has 0 unspecified atom stereocenters. The number of hydrogen-bond donors (Lipinski definition) is 4. The van der Waals surface area contributed by atoms with Crippen LogP contribution in [0.25, 0.3) is 0 Å². The molecule has 0 spiro atoms. The first-order valence-electron chi connectivity index (χ1n) is 16.7. The molecular formula is C28H74N2O8Si6. The van der Waals surface area contributed by atoms with Gasteiger partial charge < -0.3 is 47.6 Å². The third-order valence-electron chi connectivity index (χ3n) is 6.66. The van der Waals surface area contributed by atoms with Gasteiger partial charge in [0.1, 0.15) is 0 Å². The standard InChI is InChI=1S/C16H40O6Si3.C12H34N2O2Si3/c1-23(2,15-7-11-19-13-9-17)21-25(5,6)22-24(3,4)16-8-12-20-14-10-18;1-17(2,11-7-9-13)15-19(5,6)16-18(3,4)12-8-10-14/h17-18H,7-16H2,1-6H3;7-14H2,1-6H3. The Hall–Kier alpha value is 0.901. The van der Waals surface area contributed by atoms with Crippen molar-refractivity contribution in [3.8, 4) is 0 Å². The summed E-state index contributed by atoms with van der Waals surface area (Å²) in [4.78, 5) is 0. The van der Waals surface area contributed by atoms with Crippen molar-refractivity contribution < 1.29 is 36.1 Å². The molecule has 0 aliphatic heterocycles. The maximum absolute atomic E-state index is 8.72. The molecule has 6 N–H and O–H groups in total. The van der Waals surface area contributed by atoms with Gasteiger partial charge >= 0.3 is 17.1 Å². The summed E-state index contributed by atoms with van der Waals surface area (Å²) in [6.45, 7) is 30.6. The van der Waals surface area contributed by atoms with Gasteiger partial charge in [0, 0.05) is 13.2 Å². The van der Waals surface area contributed by atoms with Crippen LogP contribution in [0.4, 0.5) is 0 Å². The van der Waals surface area contributed by atoms with Crippen LogP contribution in [-0.2, 0) is 25.9 Å². The van der Waals surface area contributed by atoms with E-state index >= 15 is 0 Å². The zero-order chi connectivity index (χ0) is 34.6. The molecule has 16 heteroatoms. The van der Waals surface area contributed by atoms with Crippen LogP contribution >= 0.6 is 0 Å². The molecule has 0 radical (unpaired) electrons. The summed E-state index contributed by atoms with van der Waals surface area (Å²) in [5.41, 5.74) is 11.2. The van der Waals surface area contributed by atoms with Crippen LogP contribution in [0.3, 0.4) is 0 Å². The lowest BCUT2D eigenvalue weighted by atomic mass is 10.5. The quantitative estimate of drug-likeness (QED) is 0.0639. The van der Waals surface area contributed by atoms with Gasteiger partial charge in [-0.05, 0) is 142 Å². The molecule has 44 heavy (non-hydrogen) atoms. The smallest absolute Gasteiger partial charge is 0.311 e.